The Morgan fingerprint density at radius 2 is 2.38 bits per heavy atom. The molecule has 0 rings (SSSR count). The topological polar surface area (TPSA) is 65.4 Å². The first-order chi connectivity index (χ1) is 6.11. The second kappa shape index (κ2) is 6.20. The number of hydrogen-bond donors (Lipinski definition) is 1. The third-order valence-electron chi connectivity index (χ3n) is 1.30. The Hall–Kier alpha value is -1.35. The van der Waals surface area contributed by atoms with E-state index in [9.17, 15) is 4.79 Å². The highest BCUT2D eigenvalue weighted by molar-refractivity contribution is 7.80. The van der Waals surface area contributed by atoms with Crippen LogP contribution in [0.1, 0.15) is 6.42 Å². The second-order valence-corrected chi connectivity index (χ2v) is 2.64. The molecule has 0 radical (unpaired) electrons. The zero-order valence-corrected chi connectivity index (χ0v) is 8.35. The summed E-state index contributed by atoms with van der Waals surface area (Å²) < 4.78 is 4.35. The average molecular weight is 201 g/mol. The minimum absolute atomic E-state index is 0.252. The predicted molar refractivity (Wildman–Crippen MR) is 51.0 cm³/mol. The van der Waals surface area contributed by atoms with E-state index in [-0.39, 0.29) is 5.11 Å². The molecule has 0 aliphatic heterocycles. The van der Waals surface area contributed by atoms with E-state index < -0.39 is 6.09 Å². The molecule has 13 heavy (non-hydrogen) atoms. The lowest BCUT2D eigenvalue weighted by molar-refractivity contribution is 0.176. The Kier molecular flexibility index (Phi) is 5.55. The molecule has 0 heterocycles. The van der Waals surface area contributed by atoms with Crippen LogP contribution in [0.5, 0.6) is 0 Å². The van der Waals surface area contributed by atoms with Crippen molar-refractivity contribution in [1.82, 2.24) is 10.2 Å². The molecule has 6 heteroatoms. The number of alkyl carbamates (subject to hydrolysis) is 1. The van der Waals surface area contributed by atoms with Crippen molar-refractivity contribution in [3.05, 3.63) is 0 Å². The molecule has 0 aliphatic rings. The monoisotopic (exact) mass is 201 g/mol. The molecule has 0 aromatic carbocycles. The van der Waals surface area contributed by atoms with Gasteiger partial charge in [-0.15, -0.1) is 0 Å². The summed E-state index contributed by atoms with van der Waals surface area (Å²) in [5.74, 6) is 0. The van der Waals surface area contributed by atoms with Gasteiger partial charge in [-0.2, -0.15) is 5.26 Å². The molecule has 0 aliphatic carbocycles. The summed E-state index contributed by atoms with van der Waals surface area (Å²) in [7, 11) is 2.95. The van der Waals surface area contributed by atoms with Crippen LogP contribution >= 0.6 is 12.2 Å². The highest BCUT2D eigenvalue weighted by Gasteiger charge is 2.07. The van der Waals surface area contributed by atoms with Crippen molar-refractivity contribution in [3.8, 4) is 6.07 Å². The fraction of sp³-hybridized carbons (Fsp3) is 0.571. The molecule has 1 N–H and O–H groups in total. The Bertz CT molecular complexity index is 236. The van der Waals surface area contributed by atoms with Crippen LogP contribution in [-0.4, -0.2) is 36.8 Å². The summed E-state index contributed by atoms with van der Waals surface area (Å²) >= 11 is 4.84. The van der Waals surface area contributed by atoms with E-state index in [0.29, 0.717) is 13.0 Å². The van der Waals surface area contributed by atoms with Crippen molar-refractivity contribution in [2.24, 2.45) is 0 Å². The van der Waals surface area contributed by atoms with E-state index in [0.717, 1.165) is 0 Å². The second-order valence-electron chi connectivity index (χ2n) is 2.25. The number of ether oxygens (including phenoxy) is 1. The van der Waals surface area contributed by atoms with Crippen LogP contribution in [-0.2, 0) is 4.74 Å². The lowest BCUT2D eigenvalue weighted by atomic mass is 10.4. The summed E-state index contributed by atoms with van der Waals surface area (Å²) in [6, 6.07) is 1.98. The van der Waals surface area contributed by atoms with Crippen molar-refractivity contribution in [2.45, 2.75) is 6.42 Å². The van der Waals surface area contributed by atoms with Crippen LogP contribution < -0.4 is 5.32 Å². The molecule has 0 bridgehead atoms. The maximum Gasteiger partial charge on any atom is 0.413 e. The fourth-order valence-corrected chi connectivity index (χ4v) is 0.728. The number of carbonyl (C=O) groups is 1. The minimum atomic E-state index is -0.603. The molecule has 0 aromatic rings. The Morgan fingerprint density at radius 1 is 1.77 bits per heavy atom. The van der Waals surface area contributed by atoms with Gasteiger partial charge in [0.05, 0.1) is 19.6 Å². The first-order valence-electron chi connectivity index (χ1n) is 3.58. The number of amides is 1. The molecular weight excluding hydrogens is 190 g/mol. The molecule has 0 spiro atoms. The number of methoxy groups -OCH3 is 1. The Balaban J connectivity index is 3.83. The number of nitrogens with zero attached hydrogens (tertiary/aromatic N) is 2. The summed E-state index contributed by atoms with van der Waals surface area (Å²) in [4.78, 5) is 12.3. The van der Waals surface area contributed by atoms with E-state index in [2.05, 4.69) is 10.1 Å². The Morgan fingerprint density at radius 3 is 2.85 bits per heavy atom. The summed E-state index contributed by atoms with van der Waals surface area (Å²) in [5, 5.41) is 10.9. The van der Waals surface area contributed by atoms with Crippen LogP contribution in [0.4, 0.5) is 4.79 Å². The van der Waals surface area contributed by atoms with E-state index in [1.165, 1.54) is 7.11 Å². The molecule has 72 valence electrons. The van der Waals surface area contributed by atoms with Gasteiger partial charge in [-0.1, -0.05) is 0 Å². The summed E-state index contributed by atoms with van der Waals surface area (Å²) in [5.41, 5.74) is 0. The van der Waals surface area contributed by atoms with Crippen molar-refractivity contribution in [2.75, 3.05) is 20.7 Å². The molecular formula is C7H11N3O2S. The zero-order valence-electron chi connectivity index (χ0n) is 7.53. The van der Waals surface area contributed by atoms with Crippen molar-refractivity contribution >= 4 is 23.4 Å². The first-order valence-corrected chi connectivity index (χ1v) is 3.99. The summed E-state index contributed by atoms with van der Waals surface area (Å²) in [6.45, 7) is 0.485. The normalized spacial score (nSPS) is 8.38. The van der Waals surface area contributed by atoms with E-state index >= 15 is 0 Å². The van der Waals surface area contributed by atoms with Gasteiger partial charge < -0.3 is 9.64 Å². The van der Waals surface area contributed by atoms with Crippen molar-refractivity contribution in [1.29, 1.82) is 5.26 Å². The number of nitrogens with one attached hydrogen (secondary N) is 1. The highest BCUT2D eigenvalue weighted by Crippen LogP contribution is 1.88. The van der Waals surface area contributed by atoms with Gasteiger partial charge in [0.2, 0.25) is 0 Å². The largest absolute Gasteiger partial charge is 0.453 e. The number of nitriles is 1. The quantitative estimate of drug-likeness (QED) is 0.658. The number of hydrogen-bond acceptors (Lipinski definition) is 4. The maximum absolute atomic E-state index is 10.7. The van der Waals surface area contributed by atoms with Gasteiger partial charge in [0, 0.05) is 13.6 Å². The van der Waals surface area contributed by atoms with E-state index in [4.69, 9.17) is 17.5 Å². The third kappa shape index (κ3) is 4.98. The third-order valence-corrected chi connectivity index (χ3v) is 1.71. The van der Waals surface area contributed by atoms with Crippen molar-refractivity contribution < 1.29 is 9.53 Å². The van der Waals surface area contributed by atoms with Crippen LogP contribution in [0.2, 0.25) is 0 Å². The van der Waals surface area contributed by atoms with Gasteiger partial charge >= 0.3 is 6.09 Å². The minimum Gasteiger partial charge on any atom is -0.453 e. The van der Waals surface area contributed by atoms with E-state index in [1.54, 1.807) is 11.9 Å². The molecule has 1 amide bonds. The molecule has 0 unspecified atom stereocenters. The average Bonchev–Trinajstić information content (AvgIpc) is 2.13. The van der Waals surface area contributed by atoms with Crippen LogP contribution in [0.25, 0.3) is 0 Å². The molecule has 0 atom stereocenters. The van der Waals surface area contributed by atoms with Crippen LogP contribution in [0, 0.1) is 11.3 Å². The zero-order chi connectivity index (χ0) is 10.3. The molecule has 0 aromatic heterocycles. The van der Waals surface area contributed by atoms with Crippen LogP contribution in [0.15, 0.2) is 0 Å². The maximum atomic E-state index is 10.7. The number of thiocarbonyl (C=S) groups is 1. The van der Waals surface area contributed by atoms with Gasteiger partial charge in [0.1, 0.15) is 0 Å². The first kappa shape index (κ1) is 11.6. The lowest BCUT2D eigenvalue weighted by Crippen LogP contribution is -2.40. The summed E-state index contributed by atoms with van der Waals surface area (Å²) in [6.07, 6.45) is -0.242. The van der Waals surface area contributed by atoms with Gasteiger partial charge in [0.25, 0.3) is 0 Å². The van der Waals surface area contributed by atoms with Gasteiger partial charge in [-0.25, -0.2) is 4.79 Å². The molecule has 0 saturated heterocycles. The fourth-order valence-electron chi connectivity index (χ4n) is 0.553. The smallest absolute Gasteiger partial charge is 0.413 e. The van der Waals surface area contributed by atoms with E-state index in [1.807, 2.05) is 6.07 Å². The molecule has 5 nitrogen and oxygen atoms in total. The van der Waals surface area contributed by atoms with Gasteiger partial charge in [-0.3, -0.25) is 5.32 Å². The highest BCUT2D eigenvalue weighted by atomic mass is 32.1. The number of carbonyl (C=O) groups excluding carboxylic acids is 1. The SMILES string of the molecule is COC(=O)NC(=S)N(C)CCC#N. The van der Waals surface area contributed by atoms with Gasteiger partial charge in [0.15, 0.2) is 5.11 Å². The Labute approximate surface area is 82.3 Å². The van der Waals surface area contributed by atoms with Gasteiger partial charge in [-0.05, 0) is 12.2 Å². The number of rotatable bonds is 2. The van der Waals surface area contributed by atoms with Crippen molar-refractivity contribution in [3.63, 3.8) is 0 Å². The predicted octanol–water partition coefficient (Wildman–Crippen LogP) is 0.473. The molecule has 0 fully saturated rings. The standard InChI is InChI=1S/C7H11N3O2S/c1-10(5-3-4-8)6(13)9-7(11)12-2/h3,5H2,1-2H3,(H,9,11,13). The lowest BCUT2D eigenvalue weighted by Gasteiger charge is -2.17. The van der Waals surface area contributed by atoms with Crippen LogP contribution in [0.3, 0.4) is 0 Å². The molecule has 0 saturated carbocycles.